The average Bonchev–Trinajstić information content (AvgIpc) is 2.50. The summed E-state index contributed by atoms with van der Waals surface area (Å²) < 4.78 is 0.531. The summed E-state index contributed by atoms with van der Waals surface area (Å²) in [7, 11) is 0. The SMILES string of the molecule is Oc1c(Br)cc(Cl)cc1/C=C\c1ccc2cccc(O)c2n1. The zero-order valence-corrected chi connectivity index (χ0v) is 13.6. The molecule has 0 aliphatic carbocycles. The molecule has 1 heterocycles. The number of aromatic nitrogens is 1. The predicted molar refractivity (Wildman–Crippen MR) is 93.2 cm³/mol. The zero-order chi connectivity index (χ0) is 15.7. The molecule has 3 nitrogen and oxygen atoms in total. The van der Waals surface area contributed by atoms with Crippen LogP contribution in [0.1, 0.15) is 11.3 Å². The Morgan fingerprint density at radius 2 is 1.86 bits per heavy atom. The minimum Gasteiger partial charge on any atom is -0.506 e. The maximum atomic E-state index is 10.00. The van der Waals surface area contributed by atoms with Crippen molar-refractivity contribution in [3.63, 3.8) is 0 Å². The fourth-order valence-corrected chi connectivity index (χ4v) is 2.96. The molecule has 0 spiro atoms. The van der Waals surface area contributed by atoms with Gasteiger partial charge in [-0.25, -0.2) is 4.98 Å². The van der Waals surface area contributed by atoms with Crippen molar-refractivity contribution in [3.05, 3.63) is 63.2 Å². The smallest absolute Gasteiger partial charge is 0.141 e. The van der Waals surface area contributed by atoms with Crippen LogP contribution >= 0.6 is 27.5 Å². The van der Waals surface area contributed by atoms with Crippen LogP contribution in [0.4, 0.5) is 0 Å². The number of aromatic hydroxyl groups is 2. The quantitative estimate of drug-likeness (QED) is 0.643. The summed E-state index contributed by atoms with van der Waals surface area (Å²) in [6.45, 7) is 0. The van der Waals surface area contributed by atoms with Crippen LogP contribution in [0.15, 0.2) is 46.9 Å². The van der Waals surface area contributed by atoms with E-state index in [0.29, 0.717) is 26.3 Å². The molecule has 0 fully saturated rings. The van der Waals surface area contributed by atoms with Crippen molar-refractivity contribution in [1.82, 2.24) is 4.98 Å². The Morgan fingerprint density at radius 1 is 1.05 bits per heavy atom. The molecule has 0 saturated carbocycles. The Bertz CT molecular complexity index is 893. The summed E-state index contributed by atoms with van der Waals surface area (Å²) in [5.41, 5.74) is 1.80. The lowest BCUT2D eigenvalue weighted by molar-refractivity contribution is 0.470. The van der Waals surface area contributed by atoms with Gasteiger partial charge in [-0.2, -0.15) is 0 Å². The number of benzene rings is 2. The Balaban J connectivity index is 2.01. The van der Waals surface area contributed by atoms with Crippen LogP contribution in [-0.2, 0) is 0 Å². The standard InChI is InChI=1S/C17H11BrClNO2/c18-14-9-12(19)8-11(17(14)22)5-7-13-6-4-10-2-1-3-15(21)16(10)20-13/h1-9,21-22H/b7-5-. The normalized spacial score (nSPS) is 11.4. The van der Waals surface area contributed by atoms with Crippen molar-refractivity contribution < 1.29 is 10.2 Å². The lowest BCUT2D eigenvalue weighted by Gasteiger charge is -2.04. The van der Waals surface area contributed by atoms with Crippen LogP contribution in [0.25, 0.3) is 23.1 Å². The van der Waals surface area contributed by atoms with E-state index < -0.39 is 0 Å². The highest BCUT2D eigenvalue weighted by atomic mass is 79.9. The van der Waals surface area contributed by atoms with Gasteiger partial charge in [-0.05, 0) is 52.3 Å². The van der Waals surface area contributed by atoms with Crippen molar-refractivity contribution in [2.75, 3.05) is 0 Å². The summed E-state index contributed by atoms with van der Waals surface area (Å²) in [6, 6.07) is 12.3. The topological polar surface area (TPSA) is 53.4 Å². The minimum atomic E-state index is 0.115. The molecule has 2 aromatic carbocycles. The van der Waals surface area contributed by atoms with Crippen molar-refractivity contribution in [2.45, 2.75) is 0 Å². The molecule has 0 radical (unpaired) electrons. The number of fused-ring (bicyclic) bond motifs is 1. The summed E-state index contributed by atoms with van der Waals surface area (Å²) in [5.74, 6) is 0.255. The summed E-state index contributed by atoms with van der Waals surface area (Å²) in [6.07, 6.45) is 3.48. The van der Waals surface area contributed by atoms with Gasteiger partial charge in [-0.1, -0.05) is 29.8 Å². The number of pyridine rings is 1. The van der Waals surface area contributed by atoms with Gasteiger partial charge in [-0.15, -0.1) is 0 Å². The average molecular weight is 377 g/mol. The molecule has 0 bridgehead atoms. The second kappa shape index (κ2) is 5.99. The molecule has 0 aliphatic heterocycles. The Hall–Kier alpha value is -2.04. The largest absolute Gasteiger partial charge is 0.506 e. The van der Waals surface area contributed by atoms with E-state index in [1.807, 2.05) is 18.2 Å². The first-order valence-electron chi connectivity index (χ1n) is 6.49. The Morgan fingerprint density at radius 3 is 2.68 bits per heavy atom. The fraction of sp³-hybridized carbons (Fsp3) is 0. The first-order valence-corrected chi connectivity index (χ1v) is 7.66. The molecule has 0 amide bonds. The van der Waals surface area contributed by atoms with Crippen LogP contribution in [0.5, 0.6) is 11.5 Å². The monoisotopic (exact) mass is 375 g/mol. The third kappa shape index (κ3) is 2.93. The number of hydrogen-bond acceptors (Lipinski definition) is 3. The number of nitrogens with zero attached hydrogens (tertiary/aromatic N) is 1. The molecule has 22 heavy (non-hydrogen) atoms. The molecule has 0 unspecified atom stereocenters. The maximum absolute atomic E-state index is 10.00. The molecule has 1 aromatic heterocycles. The Kier molecular flexibility index (Phi) is 4.05. The van der Waals surface area contributed by atoms with E-state index in [-0.39, 0.29) is 11.5 Å². The van der Waals surface area contributed by atoms with Crippen molar-refractivity contribution in [1.29, 1.82) is 0 Å². The second-order valence-corrected chi connectivity index (χ2v) is 6.03. The number of halogens is 2. The molecule has 110 valence electrons. The highest BCUT2D eigenvalue weighted by Crippen LogP contribution is 2.32. The predicted octanol–water partition coefficient (Wildman–Crippen LogP) is 5.23. The minimum absolute atomic E-state index is 0.115. The van der Waals surface area contributed by atoms with E-state index in [4.69, 9.17) is 11.6 Å². The number of phenolic OH excluding ortho intramolecular Hbond substituents is 2. The molecule has 3 aromatic rings. The van der Waals surface area contributed by atoms with Crippen molar-refractivity contribution in [2.24, 2.45) is 0 Å². The van der Waals surface area contributed by atoms with Gasteiger partial charge < -0.3 is 10.2 Å². The van der Waals surface area contributed by atoms with E-state index in [1.165, 1.54) is 0 Å². The lowest BCUT2D eigenvalue weighted by Crippen LogP contribution is -1.84. The molecule has 2 N–H and O–H groups in total. The van der Waals surface area contributed by atoms with Gasteiger partial charge in [-0.3, -0.25) is 0 Å². The van der Waals surface area contributed by atoms with E-state index in [2.05, 4.69) is 20.9 Å². The third-order valence-corrected chi connectivity index (χ3v) is 4.03. The lowest BCUT2D eigenvalue weighted by atomic mass is 10.1. The van der Waals surface area contributed by atoms with Gasteiger partial charge in [0.1, 0.15) is 17.0 Å². The third-order valence-electron chi connectivity index (χ3n) is 3.21. The van der Waals surface area contributed by atoms with Crippen LogP contribution in [0.2, 0.25) is 5.02 Å². The van der Waals surface area contributed by atoms with Gasteiger partial charge in [0, 0.05) is 16.0 Å². The first-order chi connectivity index (χ1) is 10.5. The van der Waals surface area contributed by atoms with E-state index >= 15 is 0 Å². The van der Waals surface area contributed by atoms with Crippen LogP contribution in [-0.4, -0.2) is 15.2 Å². The van der Waals surface area contributed by atoms with Gasteiger partial charge in [0.25, 0.3) is 0 Å². The van der Waals surface area contributed by atoms with Gasteiger partial charge in [0.2, 0.25) is 0 Å². The number of hydrogen-bond donors (Lipinski definition) is 2. The van der Waals surface area contributed by atoms with E-state index in [1.54, 1.807) is 36.4 Å². The summed E-state index contributed by atoms with van der Waals surface area (Å²) in [5, 5.41) is 21.2. The molecular formula is C17H11BrClNO2. The second-order valence-electron chi connectivity index (χ2n) is 4.74. The molecule has 0 aliphatic rings. The van der Waals surface area contributed by atoms with Gasteiger partial charge in [0.15, 0.2) is 0 Å². The number of rotatable bonds is 2. The molecule has 5 heteroatoms. The van der Waals surface area contributed by atoms with Crippen molar-refractivity contribution in [3.8, 4) is 11.5 Å². The van der Waals surface area contributed by atoms with Crippen molar-refractivity contribution >= 4 is 50.6 Å². The van der Waals surface area contributed by atoms with E-state index in [0.717, 1.165) is 5.39 Å². The zero-order valence-electron chi connectivity index (χ0n) is 11.3. The molecule has 0 atom stereocenters. The number of para-hydroxylation sites is 1. The maximum Gasteiger partial charge on any atom is 0.141 e. The summed E-state index contributed by atoms with van der Waals surface area (Å²) in [4.78, 5) is 4.40. The molecule has 0 saturated heterocycles. The summed E-state index contributed by atoms with van der Waals surface area (Å²) >= 11 is 9.23. The molecule has 3 rings (SSSR count). The van der Waals surface area contributed by atoms with Gasteiger partial charge in [0.05, 0.1) is 10.2 Å². The number of phenols is 2. The van der Waals surface area contributed by atoms with Crippen LogP contribution in [0, 0.1) is 0 Å². The Labute approximate surface area is 140 Å². The highest BCUT2D eigenvalue weighted by Gasteiger charge is 2.05. The molecular weight excluding hydrogens is 366 g/mol. The first kappa shape index (κ1) is 14.9. The highest BCUT2D eigenvalue weighted by molar-refractivity contribution is 9.10. The van der Waals surface area contributed by atoms with E-state index in [9.17, 15) is 10.2 Å². The van der Waals surface area contributed by atoms with Crippen LogP contribution < -0.4 is 0 Å². The fourth-order valence-electron chi connectivity index (χ4n) is 2.13. The van der Waals surface area contributed by atoms with Crippen LogP contribution in [0.3, 0.4) is 0 Å². The van der Waals surface area contributed by atoms with Gasteiger partial charge >= 0.3 is 0 Å².